The van der Waals surface area contributed by atoms with Gasteiger partial charge in [-0.25, -0.2) is 8.42 Å². The highest BCUT2D eigenvalue weighted by atomic mass is 32.2. The summed E-state index contributed by atoms with van der Waals surface area (Å²) in [4.78, 5) is 14.7. The minimum Gasteiger partial charge on any atom is -0.496 e. The van der Waals surface area contributed by atoms with Gasteiger partial charge in [-0.2, -0.15) is 4.40 Å². The molecule has 0 saturated carbocycles. The summed E-state index contributed by atoms with van der Waals surface area (Å²) in [5.74, 6) is -0.174. The van der Waals surface area contributed by atoms with Crippen LogP contribution in [0.4, 0.5) is 0 Å². The number of nitrogens with two attached hydrogens (primary N) is 1. The Hall–Kier alpha value is -2.91. The first-order chi connectivity index (χ1) is 14.9. The van der Waals surface area contributed by atoms with Crippen molar-refractivity contribution in [3.05, 3.63) is 65.7 Å². The van der Waals surface area contributed by atoms with Crippen molar-refractivity contribution in [1.29, 1.82) is 0 Å². The Morgan fingerprint density at radius 2 is 1.81 bits per heavy atom. The van der Waals surface area contributed by atoms with Crippen molar-refractivity contribution in [1.82, 2.24) is 10.2 Å². The Labute approximate surface area is 183 Å². The molecule has 166 valence electrons. The van der Waals surface area contributed by atoms with E-state index in [2.05, 4.69) is 21.8 Å². The van der Waals surface area contributed by atoms with Gasteiger partial charge in [0.1, 0.15) is 18.0 Å². The van der Waals surface area contributed by atoms with Crippen LogP contribution in [0.1, 0.15) is 28.8 Å². The molecule has 1 amide bonds. The molecule has 0 aliphatic carbocycles. The Bertz CT molecular complexity index is 1020. The van der Waals surface area contributed by atoms with Crippen molar-refractivity contribution in [3.63, 3.8) is 0 Å². The first-order valence-electron chi connectivity index (χ1n) is 10.1. The van der Waals surface area contributed by atoms with Crippen LogP contribution in [0.5, 0.6) is 5.75 Å². The van der Waals surface area contributed by atoms with Gasteiger partial charge >= 0.3 is 0 Å². The summed E-state index contributed by atoms with van der Waals surface area (Å²) in [5, 5.41) is 3.08. The van der Waals surface area contributed by atoms with Crippen LogP contribution in [-0.2, 0) is 15.4 Å². The minimum absolute atomic E-state index is 0.189. The van der Waals surface area contributed by atoms with E-state index in [4.69, 9.17) is 10.5 Å². The van der Waals surface area contributed by atoms with Crippen molar-refractivity contribution in [2.24, 2.45) is 10.1 Å². The van der Waals surface area contributed by atoms with E-state index in [1.807, 2.05) is 29.2 Å². The summed E-state index contributed by atoms with van der Waals surface area (Å²) >= 11 is 0. The number of rotatable bonds is 8. The standard InChI is InChI=1S/C22H28N4O4S/c1-30-20-10-6-5-9-19(20)21(27)24-15-22(18-7-3-2-4-8-18)11-13-26(14-12-22)17-25-31(28,29)16-23/h2-10,17H,11-16,23H2,1H3,(H,24,27)/b25-17+. The van der Waals surface area contributed by atoms with E-state index in [0.717, 1.165) is 18.4 Å². The molecule has 0 aromatic heterocycles. The van der Waals surface area contributed by atoms with Gasteiger partial charge in [0.15, 0.2) is 0 Å². The van der Waals surface area contributed by atoms with Crippen molar-refractivity contribution in [2.45, 2.75) is 18.3 Å². The summed E-state index contributed by atoms with van der Waals surface area (Å²) in [6.45, 7) is 1.69. The lowest BCUT2D eigenvalue weighted by atomic mass is 9.72. The number of nitrogens with one attached hydrogen (secondary N) is 1. The zero-order chi connectivity index (χ0) is 22.3. The number of piperidine rings is 1. The number of carbonyl (C=O) groups is 1. The summed E-state index contributed by atoms with van der Waals surface area (Å²) < 4.78 is 32.0. The number of methoxy groups -OCH3 is 1. The second-order valence-electron chi connectivity index (χ2n) is 7.53. The third-order valence-electron chi connectivity index (χ3n) is 5.66. The zero-order valence-corrected chi connectivity index (χ0v) is 18.3. The van der Waals surface area contributed by atoms with Crippen LogP contribution in [0, 0.1) is 0 Å². The predicted octanol–water partition coefficient (Wildman–Crippen LogP) is 1.73. The third-order valence-corrected chi connectivity index (χ3v) is 6.50. The number of benzene rings is 2. The Morgan fingerprint density at radius 3 is 2.45 bits per heavy atom. The molecule has 1 aliphatic heterocycles. The van der Waals surface area contributed by atoms with E-state index in [-0.39, 0.29) is 11.3 Å². The number of ether oxygens (including phenoxy) is 1. The molecule has 3 rings (SSSR count). The second-order valence-corrected chi connectivity index (χ2v) is 9.24. The highest BCUT2D eigenvalue weighted by Gasteiger charge is 2.36. The molecule has 0 atom stereocenters. The zero-order valence-electron chi connectivity index (χ0n) is 17.5. The van der Waals surface area contributed by atoms with Gasteiger partial charge in [-0.3, -0.25) is 4.79 Å². The molecule has 1 heterocycles. The number of amides is 1. The molecule has 1 aliphatic rings. The van der Waals surface area contributed by atoms with E-state index < -0.39 is 15.9 Å². The number of hydrogen-bond acceptors (Lipinski definition) is 5. The van der Waals surface area contributed by atoms with Crippen LogP contribution >= 0.6 is 0 Å². The second kappa shape index (κ2) is 9.93. The molecule has 1 fully saturated rings. The number of nitrogens with zero attached hydrogens (tertiary/aromatic N) is 2. The molecule has 0 spiro atoms. The van der Waals surface area contributed by atoms with E-state index in [1.54, 1.807) is 25.3 Å². The van der Waals surface area contributed by atoms with Gasteiger partial charge in [0.25, 0.3) is 15.9 Å². The number of sulfonamides is 1. The summed E-state index contributed by atoms with van der Waals surface area (Å²) in [6.07, 6.45) is 2.82. The summed E-state index contributed by atoms with van der Waals surface area (Å²) in [7, 11) is -2.08. The normalized spacial score (nSPS) is 16.3. The lowest BCUT2D eigenvalue weighted by Crippen LogP contribution is -2.48. The van der Waals surface area contributed by atoms with Crippen molar-refractivity contribution >= 4 is 22.3 Å². The Balaban J connectivity index is 1.75. The van der Waals surface area contributed by atoms with E-state index in [9.17, 15) is 13.2 Å². The van der Waals surface area contributed by atoms with Gasteiger partial charge in [-0.05, 0) is 30.5 Å². The Morgan fingerprint density at radius 1 is 1.16 bits per heavy atom. The van der Waals surface area contributed by atoms with Gasteiger partial charge in [0.05, 0.1) is 12.7 Å². The average molecular weight is 445 g/mol. The van der Waals surface area contributed by atoms with Gasteiger partial charge in [0.2, 0.25) is 0 Å². The van der Waals surface area contributed by atoms with Crippen molar-refractivity contribution < 1.29 is 17.9 Å². The SMILES string of the molecule is COc1ccccc1C(=O)NCC1(c2ccccc2)CCN(/C=N/S(=O)(=O)CN)CC1. The molecule has 3 N–H and O–H groups in total. The van der Waals surface area contributed by atoms with Gasteiger partial charge < -0.3 is 20.7 Å². The van der Waals surface area contributed by atoms with E-state index in [1.165, 1.54) is 6.34 Å². The van der Waals surface area contributed by atoms with Crippen LogP contribution < -0.4 is 15.8 Å². The summed E-state index contributed by atoms with van der Waals surface area (Å²) in [6, 6.07) is 17.2. The van der Waals surface area contributed by atoms with Crippen LogP contribution in [0.2, 0.25) is 0 Å². The van der Waals surface area contributed by atoms with Crippen LogP contribution in [0.15, 0.2) is 59.0 Å². The van der Waals surface area contributed by atoms with Gasteiger partial charge in [-0.1, -0.05) is 42.5 Å². The maximum absolute atomic E-state index is 12.8. The Kier molecular flexibility index (Phi) is 7.29. The molecule has 0 unspecified atom stereocenters. The first kappa shape index (κ1) is 22.8. The molecular weight excluding hydrogens is 416 g/mol. The highest BCUT2D eigenvalue weighted by molar-refractivity contribution is 7.90. The van der Waals surface area contributed by atoms with Crippen LogP contribution in [-0.4, -0.2) is 58.2 Å². The molecular formula is C22H28N4O4S. The molecule has 8 nitrogen and oxygen atoms in total. The van der Waals surface area contributed by atoms with E-state index >= 15 is 0 Å². The fourth-order valence-corrected chi connectivity index (χ4v) is 4.15. The lowest BCUT2D eigenvalue weighted by Gasteiger charge is -2.42. The highest BCUT2D eigenvalue weighted by Crippen LogP contribution is 2.35. The smallest absolute Gasteiger partial charge is 0.267 e. The third kappa shape index (κ3) is 5.62. The first-order valence-corrected chi connectivity index (χ1v) is 11.7. The number of para-hydroxylation sites is 1. The fraction of sp³-hybridized carbons (Fsp3) is 0.364. The molecule has 2 aromatic carbocycles. The topological polar surface area (TPSA) is 114 Å². The maximum atomic E-state index is 12.8. The molecule has 2 aromatic rings. The average Bonchev–Trinajstić information content (AvgIpc) is 2.82. The lowest BCUT2D eigenvalue weighted by molar-refractivity contribution is 0.0929. The van der Waals surface area contributed by atoms with Crippen molar-refractivity contribution in [2.75, 3.05) is 32.6 Å². The van der Waals surface area contributed by atoms with Crippen molar-refractivity contribution in [3.8, 4) is 5.75 Å². The minimum atomic E-state index is -3.62. The monoisotopic (exact) mass is 444 g/mol. The number of carbonyl (C=O) groups excluding carboxylic acids is 1. The van der Waals surface area contributed by atoms with Crippen LogP contribution in [0.25, 0.3) is 0 Å². The van der Waals surface area contributed by atoms with Gasteiger partial charge in [0, 0.05) is 25.0 Å². The number of hydrogen-bond donors (Lipinski definition) is 2. The van der Waals surface area contributed by atoms with E-state index in [0.29, 0.717) is 30.9 Å². The fourth-order valence-electron chi connectivity index (χ4n) is 3.79. The van der Waals surface area contributed by atoms with Gasteiger partial charge in [-0.15, -0.1) is 0 Å². The summed E-state index contributed by atoms with van der Waals surface area (Å²) in [5.41, 5.74) is 6.57. The predicted molar refractivity (Wildman–Crippen MR) is 121 cm³/mol. The maximum Gasteiger partial charge on any atom is 0.267 e. The largest absolute Gasteiger partial charge is 0.496 e. The quantitative estimate of drug-likeness (QED) is 0.473. The molecule has 31 heavy (non-hydrogen) atoms. The van der Waals surface area contributed by atoms with Crippen LogP contribution in [0.3, 0.4) is 0 Å². The molecule has 0 radical (unpaired) electrons. The molecule has 1 saturated heterocycles. The molecule has 9 heteroatoms. The number of likely N-dealkylation sites (tertiary alicyclic amines) is 1. The molecule has 0 bridgehead atoms.